The first-order valence-electron chi connectivity index (χ1n) is 7.30. The number of nitrogens with one attached hydrogen (secondary N) is 2. The van der Waals surface area contributed by atoms with Crippen LogP contribution in [0.3, 0.4) is 0 Å². The van der Waals surface area contributed by atoms with Crippen LogP contribution in [-0.4, -0.2) is 34.8 Å². The smallest absolute Gasteiger partial charge is 0.138 e. The fourth-order valence-electron chi connectivity index (χ4n) is 2.38. The van der Waals surface area contributed by atoms with Gasteiger partial charge in [0.05, 0.1) is 6.10 Å². The number of aliphatic hydroxyl groups excluding tert-OH is 1. The van der Waals surface area contributed by atoms with Crippen molar-refractivity contribution in [3.05, 3.63) is 11.4 Å². The Morgan fingerprint density at radius 3 is 2.30 bits per heavy atom. The normalized spacial score (nSPS) is 22.3. The SMILES string of the molecule is CNc1nc(C(C)(C)C)nc(NCC2CC(O)C2)c1C. The van der Waals surface area contributed by atoms with Crippen LogP contribution in [0, 0.1) is 12.8 Å². The number of anilines is 2. The second kappa shape index (κ2) is 5.56. The molecule has 1 aromatic heterocycles. The zero-order valence-electron chi connectivity index (χ0n) is 13.1. The van der Waals surface area contributed by atoms with Gasteiger partial charge in [-0.2, -0.15) is 0 Å². The van der Waals surface area contributed by atoms with Gasteiger partial charge < -0.3 is 15.7 Å². The van der Waals surface area contributed by atoms with Gasteiger partial charge in [0.1, 0.15) is 17.5 Å². The maximum Gasteiger partial charge on any atom is 0.138 e. The molecule has 0 unspecified atom stereocenters. The highest BCUT2D eigenvalue weighted by Crippen LogP contribution is 2.29. The van der Waals surface area contributed by atoms with Crippen LogP contribution in [0.15, 0.2) is 0 Å². The molecule has 1 heterocycles. The third-order valence-electron chi connectivity index (χ3n) is 3.82. The number of nitrogens with zero attached hydrogens (tertiary/aromatic N) is 2. The van der Waals surface area contributed by atoms with Gasteiger partial charge in [0.25, 0.3) is 0 Å². The van der Waals surface area contributed by atoms with Crippen LogP contribution in [0.1, 0.15) is 45.0 Å². The number of hydrogen-bond acceptors (Lipinski definition) is 5. The van der Waals surface area contributed by atoms with Crippen LogP contribution < -0.4 is 10.6 Å². The first-order valence-corrected chi connectivity index (χ1v) is 7.30. The van der Waals surface area contributed by atoms with Crippen LogP contribution >= 0.6 is 0 Å². The van der Waals surface area contributed by atoms with E-state index in [0.29, 0.717) is 5.92 Å². The van der Waals surface area contributed by atoms with Gasteiger partial charge in [0.2, 0.25) is 0 Å². The van der Waals surface area contributed by atoms with E-state index in [2.05, 4.69) is 41.4 Å². The van der Waals surface area contributed by atoms with E-state index in [0.717, 1.165) is 42.4 Å². The van der Waals surface area contributed by atoms with Crippen molar-refractivity contribution < 1.29 is 5.11 Å². The predicted octanol–water partition coefficient (Wildman–Crippen LogP) is 2.31. The molecular formula is C15H26N4O. The Hall–Kier alpha value is -1.36. The third kappa shape index (κ3) is 3.20. The van der Waals surface area contributed by atoms with Gasteiger partial charge in [-0.15, -0.1) is 0 Å². The highest BCUT2D eigenvalue weighted by atomic mass is 16.3. The van der Waals surface area contributed by atoms with E-state index in [1.165, 1.54) is 0 Å². The highest BCUT2D eigenvalue weighted by molar-refractivity contribution is 5.57. The Kier molecular flexibility index (Phi) is 4.18. The van der Waals surface area contributed by atoms with Gasteiger partial charge >= 0.3 is 0 Å². The zero-order valence-corrected chi connectivity index (χ0v) is 13.1. The van der Waals surface area contributed by atoms with Crippen LogP contribution in [-0.2, 0) is 5.41 Å². The second-order valence-electron chi connectivity index (χ2n) is 6.74. The summed E-state index contributed by atoms with van der Waals surface area (Å²) in [5, 5.41) is 15.9. The lowest BCUT2D eigenvalue weighted by molar-refractivity contribution is 0.0486. The van der Waals surface area contributed by atoms with Crippen molar-refractivity contribution in [2.45, 2.75) is 52.1 Å². The largest absolute Gasteiger partial charge is 0.393 e. The maximum atomic E-state index is 9.34. The first kappa shape index (κ1) is 15.0. The predicted molar refractivity (Wildman–Crippen MR) is 82.2 cm³/mol. The van der Waals surface area contributed by atoms with Crippen LogP contribution in [0.5, 0.6) is 0 Å². The summed E-state index contributed by atoms with van der Waals surface area (Å²) in [6, 6.07) is 0. The van der Waals surface area contributed by atoms with Crippen molar-refractivity contribution in [3.63, 3.8) is 0 Å². The molecule has 5 nitrogen and oxygen atoms in total. The molecule has 0 bridgehead atoms. The molecule has 112 valence electrons. The minimum atomic E-state index is -0.105. The molecule has 0 radical (unpaired) electrons. The first-order chi connectivity index (χ1) is 9.31. The molecule has 1 aromatic rings. The van der Waals surface area contributed by atoms with Gasteiger partial charge in [-0.05, 0) is 25.7 Å². The van der Waals surface area contributed by atoms with Crippen molar-refractivity contribution in [2.24, 2.45) is 5.92 Å². The summed E-state index contributed by atoms with van der Waals surface area (Å²) in [4.78, 5) is 9.27. The summed E-state index contributed by atoms with van der Waals surface area (Å²) in [5.41, 5.74) is 0.961. The molecule has 5 heteroatoms. The van der Waals surface area contributed by atoms with E-state index in [4.69, 9.17) is 0 Å². The van der Waals surface area contributed by atoms with Gasteiger partial charge in [-0.3, -0.25) is 0 Å². The van der Waals surface area contributed by atoms with E-state index in [9.17, 15) is 5.11 Å². The molecule has 1 aliphatic rings. The summed E-state index contributed by atoms with van der Waals surface area (Å²) < 4.78 is 0. The van der Waals surface area contributed by atoms with Crippen molar-refractivity contribution in [1.29, 1.82) is 0 Å². The van der Waals surface area contributed by atoms with Crippen molar-refractivity contribution in [3.8, 4) is 0 Å². The minimum Gasteiger partial charge on any atom is -0.393 e. The van der Waals surface area contributed by atoms with Gasteiger partial charge in [-0.1, -0.05) is 20.8 Å². The third-order valence-corrected chi connectivity index (χ3v) is 3.82. The number of hydrogen-bond donors (Lipinski definition) is 3. The van der Waals surface area contributed by atoms with Crippen LogP contribution in [0.2, 0.25) is 0 Å². The molecule has 1 saturated carbocycles. The summed E-state index contributed by atoms with van der Waals surface area (Å²) in [6.07, 6.45) is 1.68. The van der Waals surface area contributed by atoms with E-state index >= 15 is 0 Å². The topological polar surface area (TPSA) is 70.1 Å². The summed E-state index contributed by atoms with van der Waals surface area (Å²) in [6.45, 7) is 9.23. The fraction of sp³-hybridized carbons (Fsp3) is 0.733. The van der Waals surface area contributed by atoms with Crippen molar-refractivity contribution in [2.75, 3.05) is 24.2 Å². The monoisotopic (exact) mass is 278 g/mol. The number of rotatable bonds is 4. The number of aromatic nitrogens is 2. The Morgan fingerprint density at radius 1 is 1.20 bits per heavy atom. The molecule has 1 aliphatic carbocycles. The van der Waals surface area contributed by atoms with E-state index in [1.54, 1.807) is 0 Å². The lowest BCUT2D eigenvalue weighted by atomic mass is 9.82. The minimum absolute atomic E-state index is 0.0810. The molecule has 20 heavy (non-hydrogen) atoms. The second-order valence-corrected chi connectivity index (χ2v) is 6.74. The van der Waals surface area contributed by atoms with Gasteiger partial charge in [0, 0.05) is 24.6 Å². The molecule has 0 amide bonds. The molecule has 0 spiro atoms. The average molecular weight is 278 g/mol. The molecule has 0 atom stereocenters. The summed E-state index contributed by atoms with van der Waals surface area (Å²) in [5.74, 6) is 3.16. The van der Waals surface area contributed by atoms with Crippen molar-refractivity contribution in [1.82, 2.24) is 9.97 Å². The fourth-order valence-corrected chi connectivity index (χ4v) is 2.38. The molecule has 0 aromatic carbocycles. The van der Waals surface area contributed by atoms with Gasteiger partial charge in [-0.25, -0.2) is 9.97 Å². The molecule has 1 fully saturated rings. The van der Waals surface area contributed by atoms with Gasteiger partial charge in [0.15, 0.2) is 0 Å². The van der Waals surface area contributed by atoms with E-state index in [1.807, 2.05) is 14.0 Å². The van der Waals surface area contributed by atoms with Crippen LogP contribution in [0.4, 0.5) is 11.6 Å². The van der Waals surface area contributed by atoms with Crippen LogP contribution in [0.25, 0.3) is 0 Å². The Bertz CT molecular complexity index is 475. The Balaban J connectivity index is 2.17. The molecular weight excluding hydrogens is 252 g/mol. The quantitative estimate of drug-likeness (QED) is 0.788. The maximum absolute atomic E-state index is 9.34. The molecule has 2 rings (SSSR count). The molecule has 0 saturated heterocycles. The number of aliphatic hydroxyl groups is 1. The van der Waals surface area contributed by atoms with Crippen molar-refractivity contribution >= 4 is 11.6 Å². The Labute approximate surface area is 121 Å². The molecule has 3 N–H and O–H groups in total. The average Bonchev–Trinajstić information content (AvgIpc) is 2.33. The highest BCUT2D eigenvalue weighted by Gasteiger charge is 2.27. The van der Waals surface area contributed by atoms with E-state index in [-0.39, 0.29) is 11.5 Å². The summed E-state index contributed by atoms with van der Waals surface area (Å²) >= 11 is 0. The standard InChI is InChI=1S/C15H26N4O/c1-9-12(16-5)18-14(15(2,3)4)19-13(9)17-8-10-6-11(20)7-10/h10-11,20H,6-8H2,1-5H3,(H2,16,17,18,19). The Morgan fingerprint density at radius 2 is 1.80 bits per heavy atom. The van der Waals surface area contributed by atoms with E-state index < -0.39 is 0 Å². The zero-order chi connectivity index (χ0) is 14.9. The summed E-state index contributed by atoms with van der Waals surface area (Å²) in [7, 11) is 1.88. The lowest BCUT2D eigenvalue weighted by Gasteiger charge is -2.32. The molecule has 0 aliphatic heterocycles. The lowest BCUT2D eigenvalue weighted by Crippen LogP contribution is -2.33.